The molecular weight excluding hydrogens is 461 g/mol. The van der Waals surface area contributed by atoms with Crippen LogP contribution in [0.1, 0.15) is 49.7 Å². The smallest absolute Gasteiger partial charge is 0.419 e. The first-order valence-electron chi connectivity index (χ1n) is 11.7. The van der Waals surface area contributed by atoms with Crippen LogP contribution < -0.4 is 16.0 Å². The van der Waals surface area contributed by atoms with Crippen molar-refractivity contribution in [3.8, 4) is 11.3 Å². The Kier molecular flexibility index (Phi) is 6.04. The first kappa shape index (κ1) is 23.4. The number of rotatable bonds is 5. The third kappa shape index (κ3) is 4.77. The molecule has 1 aliphatic carbocycles. The number of methoxy groups -OCH3 is 1. The number of benzene rings is 1. The maximum atomic E-state index is 14.0. The van der Waals surface area contributed by atoms with Crippen molar-refractivity contribution >= 4 is 28.6 Å². The number of amides is 1. The second-order valence-electron chi connectivity index (χ2n) is 9.22. The number of carbonyl (C=O) groups is 1. The molecule has 1 saturated heterocycles. The number of piperidine rings is 1. The van der Waals surface area contributed by atoms with E-state index < -0.39 is 17.8 Å². The Bertz CT molecular complexity index is 1250. The highest BCUT2D eigenvalue weighted by Crippen LogP contribution is 2.48. The Labute approximate surface area is 200 Å². The maximum Gasteiger partial charge on any atom is 0.419 e. The van der Waals surface area contributed by atoms with Crippen LogP contribution >= 0.6 is 0 Å². The highest BCUT2D eigenvalue weighted by molar-refractivity contribution is 6.01. The number of anilines is 2. The first-order valence-corrected chi connectivity index (χ1v) is 11.7. The fourth-order valence-electron chi connectivity index (χ4n) is 4.65. The molecule has 1 aliphatic heterocycles. The number of H-pyrrole nitrogens is 1. The van der Waals surface area contributed by atoms with Gasteiger partial charge in [-0.15, -0.1) is 0 Å². The molecular formula is C24H27F3N6O2. The summed E-state index contributed by atoms with van der Waals surface area (Å²) < 4.78 is 46.6. The van der Waals surface area contributed by atoms with E-state index in [0.29, 0.717) is 34.7 Å². The van der Waals surface area contributed by atoms with Crippen LogP contribution in [0.2, 0.25) is 0 Å². The lowest BCUT2D eigenvalue weighted by molar-refractivity contribution is -0.137. The SMILES string of the molecule is COC(=O)Nc1ccc2c(-c3nc(N[C@H]4CCC(C)NC4)ncc3C(F)(F)F)c[nH]c2c1C1CC1. The topological polar surface area (TPSA) is 104 Å². The van der Waals surface area contributed by atoms with E-state index in [0.717, 1.165) is 37.4 Å². The van der Waals surface area contributed by atoms with Crippen LogP contribution in [-0.4, -0.2) is 46.8 Å². The molecule has 2 aromatic heterocycles. The number of fused-ring (bicyclic) bond motifs is 1. The van der Waals surface area contributed by atoms with E-state index in [2.05, 4.69) is 37.8 Å². The van der Waals surface area contributed by atoms with Crippen LogP contribution in [0.25, 0.3) is 22.2 Å². The molecule has 11 heteroatoms. The molecule has 0 spiro atoms. The van der Waals surface area contributed by atoms with Gasteiger partial charge in [0.05, 0.1) is 18.3 Å². The summed E-state index contributed by atoms with van der Waals surface area (Å²) >= 11 is 0. The Morgan fingerprint density at radius 1 is 1.20 bits per heavy atom. The van der Waals surface area contributed by atoms with Crippen molar-refractivity contribution in [1.29, 1.82) is 0 Å². The number of nitrogens with zero attached hydrogens (tertiary/aromatic N) is 2. The van der Waals surface area contributed by atoms with E-state index in [-0.39, 0.29) is 23.6 Å². The van der Waals surface area contributed by atoms with Crippen LogP contribution in [0.5, 0.6) is 0 Å². The molecule has 4 N–H and O–H groups in total. The van der Waals surface area contributed by atoms with Crippen molar-refractivity contribution in [2.45, 2.75) is 56.8 Å². The number of aromatic amines is 1. The predicted octanol–water partition coefficient (Wildman–Crippen LogP) is 5.25. The van der Waals surface area contributed by atoms with E-state index in [4.69, 9.17) is 4.74 Å². The zero-order valence-electron chi connectivity index (χ0n) is 19.4. The van der Waals surface area contributed by atoms with Crippen molar-refractivity contribution in [3.63, 3.8) is 0 Å². The number of nitrogens with one attached hydrogen (secondary N) is 4. The quantitative estimate of drug-likeness (QED) is 0.391. The molecule has 2 aliphatic rings. The van der Waals surface area contributed by atoms with Crippen LogP contribution in [0.4, 0.5) is 29.6 Å². The number of carbonyl (C=O) groups excluding carboxylic acids is 1. The van der Waals surface area contributed by atoms with Gasteiger partial charge in [-0.3, -0.25) is 5.32 Å². The molecule has 1 aromatic carbocycles. The summed E-state index contributed by atoms with van der Waals surface area (Å²) in [7, 11) is 1.28. The average Bonchev–Trinajstić information content (AvgIpc) is 3.57. The second-order valence-corrected chi connectivity index (χ2v) is 9.22. The molecule has 35 heavy (non-hydrogen) atoms. The Morgan fingerprint density at radius 2 is 2.00 bits per heavy atom. The van der Waals surface area contributed by atoms with Gasteiger partial charge >= 0.3 is 12.3 Å². The molecule has 8 nitrogen and oxygen atoms in total. The van der Waals surface area contributed by atoms with E-state index in [1.165, 1.54) is 7.11 Å². The largest absolute Gasteiger partial charge is 0.453 e. The van der Waals surface area contributed by atoms with Gasteiger partial charge in [0.1, 0.15) is 5.56 Å². The molecule has 1 saturated carbocycles. The summed E-state index contributed by atoms with van der Waals surface area (Å²) in [6, 6.07) is 3.84. The van der Waals surface area contributed by atoms with Gasteiger partial charge in [-0.05, 0) is 44.6 Å². The maximum absolute atomic E-state index is 14.0. The van der Waals surface area contributed by atoms with E-state index >= 15 is 0 Å². The van der Waals surface area contributed by atoms with Crippen LogP contribution in [-0.2, 0) is 10.9 Å². The molecule has 3 aromatic rings. The third-order valence-electron chi connectivity index (χ3n) is 6.65. The van der Waals surface area contributed by atoms with Gasteiger partial charge in [0.15, 0.2) is 0 Å². The molecule has 1 amide bonds. The van der Waals surface area contributed by atoms with E-state index in [1.807, 2.05) is 0 Å². The fraction of sp³-hybridized carbons (Fsp3) is 0.458. The summed E-state index contributed by atoms with van der Waals surface area (Å²) in [5.74, 6) is 0.373. The summed E-state index contributed by atoms with van der Waals surface area (Å²) in [5, 5.41) is 9.86. The molecule has 186 valence electrons. The van der Waals surface area contributed by atoms with Gasteiger partial charge in [0, 0.05) is 53.2 Å². The number of ether oxygens (including phenoxy) is 1. The van der Waals surface area contributed by atoms with Gasteiger partial charge in [-0.2, -0.15) is 13.2 Å². The molecule has 0 bridgehead atoms. The Balaban J connectivity index is 1.57. The molecule has 2 fully saturated rings. The first-order chi connectivity index (χ1) is 16.7. The number of alkyl halides is 3. The lowest BCUT2D eigenvalue weighted by Gasteiger charge is -2.28. The monoisotopic (exact) mass is 488 g/mol. The number of halogens is 3. The minimum atomic E-state index is -4.62. The molecule has 5 rings (SSSR count). The van der Waals surface area contributed by atoms with Gasteiger partial charge in [0.2, 0.25) is 5.95 Å². The number of aromatic nitrogens is 3. The molecule has 2 atom stereocenters. The van der Waals surface area contributed by atoms with Crippen molar-refractivity contribution in [1.82, 2.24) is 20.3 Å². The summed E-state index contributed by atoms with van der Waals surface area (Å²) in [4.78, 5) is 23.3. The van der Waals surface area contributed by atoms with Crippen molar-refractivity contribution in [2.24, 2.45) is 0 Å². The summed E-state index contributed by atoms with van der Waals surface area (Å²) in [5.41, 5.74) is 1.38. The lowest BCUT2D eigenvalue weighted by Crippen LogP contribution is -2.43. The van der Waals surface area contributed by atoms with Crippen molar-refractivity contribution in [3.05, 3.63) is 35.7 Å². The van der Waals surface area contributed by atoms with Gasteiger partial charge < -0.3 is 20.4 Å². The standard InChI is InChI=1S/C24H27F3N6O2/c1-12-3-6-14(9-28-12)31-22-30-11-17(24(25,26)27)20(33-22)16-10-29-21-15(16)7-8-18(32-23(34)35-2)19(21)13-4-5-13/h7-8,10-14,28-29H,3-6,9H2,1-2H3,(H,32,34)(H,30,31,33)/t12?,14-/m0/s1. The number of hydrogen-bond donors (Lipinski definition) is 4. The molecule has 1 unspecified atom stereocenters. The summed E-state index contributed by atoms with van der Waals surface area (Å²) in [6.07, 6.45) is 0.877. The van der Waals surface area contributed by atoms with Crippen LogP contribution in [0.3, 0.4) is 0 Å². The predicted molar refractivity (Wildman–Crippen MR) is 126 cm³/mol. The summed E-state index contributed by atoms with van der Waals surface area (Å²) in [6.45, 7) is 2.79. The second kappa shape index (κ2) is 9.03. The van der Waals surface area contributed by atoms with Gasteiger partial charge in [0.25, 0.3) is 0 Å². The van der Waals surface area contributed by atoms with Gasteiger partial charge in [-0.1, -0.05) is 6.07 Å². The number of hydrogen-bond acceptors (Lipinski definition) is 6. The molecule has 0 radical (unpaired) electrons. The normalized spacial score (nSPS) is 20.6. The average molecular weight is 489 g/mol. The zero-order valence-corrected chi connectivity index (χ0v) is 19.4. The van der Waals surface area contributed by atoms with Crippen molar-refractivity contribution in [2.75, 3.05) is 24.3 Å². The minimum absolute atomic E-state index is 0.0344. The molecule has 3 heterocycles. The van der Waals surface area contributed by atoms with E-state index in [9.17, 15) is 18.0 Å². The minimum Gasteiger partial charge on any atom is -0.453 e. The zero-order chi connectivity index (χ0) is 24.7. The highest BCUT2D eigenvalue weighted by Gasteiger charge is 2.37. The van der Waals surface area contributed by atoms with Crippen molar-refractivity contribution < 1.29 is 22.7 Å². The Hall–Kier alpha value is -3.34. The fourth-order valence-corrected chi connectivity index (χ4v) is 4.65. The van der Waals surface area contributed by atoms with Crippen LogP contribution in [0, 0.1) is 0 Å². The van der Waals surface area contributed by atoms with Crippen LogP contribution in [0.15, 0.2) is 24.5 Å². The lowest BCUT2D eigenvalue weighted by atomic mass is 10.00. The van der Waals surface area contributed by atoms with E-state index in [1.54, 1.807) is 18.3 Å². The van der Waals surface area contributed by atoms with Gasteiger partial charge in [-0.25, -0.2) is 14.8 Å². The third-order valence-corrected chi connectivity index (χ3v) is 6.65. The highest BCUT2D eigenvalue weighted by atomic mass is 19.4. The Morgan fingerprint density at radius 3 is 2.66 bits per heavy atom.